The van der Waals surface area contributed by atoms with Gasteiger partial charge in [-0.3, -0.25) is 52.5 Å². The Bertz CT molecular complexity index is 6390. The van der Waals surface area contributed by atoms with Crippen LogP contribution in [0.1, 0.15) is 220 Å². The number of aromatic nitrogens is 4. The van der Waals surface area contributed by atoms with Crippen molar-refractivity contribution in [2.75, 3.05) is 49.6 Å². The number of fused-ring (bicyclic) bond motifs is 15. The van der Waals surface area contributed by atoms with Gasteiger partial charge in [0.15, 0.2) is 23.1 Å². The van der Waals surface area contributed by atoms with Crippen LogP contribution in [0.15, 0.2) is 253 Å². The number of nitrogens with zero attached hydrogens (tertiary/aromatic N) is 6. The Morgan fingerprint density at radius 3 is 1.51 bits per heavy atom. The van der Waals surface area contributed by atoms with Crippen LogP contribution >= 0.6 is 48.0 Å². The van der Waals surface area contributed by atoms with Crippen molar-refractivity contribution in [2.45, 2.75) is 196 Å². The smallest absolute Gasteiger partial charge is 0.255 e. The summed E-state index contributed by atoms with van der Waals surface area (Å²) in [5.74, 6) is 0.114. The third kappa shape index (κ3) is 26.6. The van der Waals surface area contributed by atoms with Gasteiger partial charge in [-0.1, -0.05) is 224 Å². The van der Waals surface area contributed by atoms with Gasteiger partial charge in [0.2, 0.25) is 35.4 Å². The van der Waals surface area contributed by atoms with Gasteiger partial charge in [0.05, 0.1) is 73.1 Å². The number of aliphatic hydroxyl groups excluding tert-OH is 1. The summed E-state index contributed by atoms with van der Waals surface area (Å²) < 4.78 is 19.2. The molecular weight excluding hydrogens is 1880 g/mol. The van der Waals surface area contributed by atoms with Crippen LogP contribution in [0.25, 0.3) is 11.4 Å². The van der Waals surface area contributed by atoms with Crippen LogP contribution < -0.4 is 42.8 Å². The first-order chi connectivity index (χ1) is 68.1. The molecule has 3 unspecified atom stereocenters. The number of halogens is 4. The second-order valence-corrected chi connectivity index (χ2v) is 36.7. The number of carbonyl (C=O) groups excluding carboxylic acids is 9. The molecule has 0 spiro atoms. The van der Waals surface area contributed by atoms with E-state index in [2.05, 4.69) is 113 Å². The lowest BCUT2D eigenvalue weighted by molar-refractivity contribution is -0.138. The second kappa shape index (κ2) is 51.9. The van der Waals surface area contributed by atoms with Crippen LogP contribution in [0, 0.1) is 0 Å². The van der Waals surface area contributed by atoms with Crippen molar-refractivity contribution in [3.8, 4) is 11.4 Å². The number of ether oxygens (including phenoxy) is 3. The lowest BCUT2D eigenvalue weighted by atomic mass is 9.84. The normalized spacial score (nSPS) is 21.9. The van der Waals surface area contributed by atoms with E-state index in [-0.39, 0.29) is 144 Å². The van der Waals surface area contributed by atoms with Crippen molar-refractivity contribution in [1.29, 1.82) is 0 Å². The molecule has 2 aromatic heterocycles. The Kier molecular flexibility index (Phi) is 39.0. The largest absolute Gasteiger partial charge is 0.411 e. The number of alkyl halides is 2. The van der Waals surface area contributed by atoms with Crippen molar-refractivity contribution in [1.82, 2.24) is 46.1 Å². The fourth-order valence-corrected chi connectivity index (χ4v) is 20.3. The van der Waals surface area contributed by atoms with Crippen molar-refractivity contribution < 1.29 is 67.7 Å². The minimum atomic E-state index is -0.628. The number of morpholine rings is 3. The number of anilines is 1. The average Bonchev–Trinajstić information content (AvgIpc) is 0.756. The van der Waals surface area contributed by atoms with Crippen molar-refractivity contribution in [3.05, 3.63) is 354 Å². The fourth-order valence-electron chi connectivity index (χ4n) is 20.2. The van der Waals surface area contributed by atoms with E-state index in [4.69, 9.17) is 53.3 Å². The van der Waals surface area contributed by atoms with Crippen LogP contribution in [0.3, 0.4) is 0 Å². The molecule has 12 aliphatic rings. The maximum atomic E-state index is 12.7. The number of aliphatic hydroxyl groups is 1. The summed E-state index contributed by atoms with van der Waals surface area (Å²) in [7, 11) is 1.77. The third-order valence-electron chi connectivity index (χ3n) is 27.3. The Labute approximate surface area is 848 Å². The Morgan fingerprint density at radius 1 is 0.486 bits per heavy atom. The average molecular weight is 2000 g/mol. The van der Waals surface area contributed by atoms with E-state index < -0.39 is 12.1 Å². The molecule has 0 bridgehead atoms. The first-order valence-corrected chi connectivity index (χ1v) is 49.2. The number of Topliss-reactive ketones (excluding diaryl/α,β-unsaturated/α-hetero) is 5. The second-order valence-electron chi connectivity index (χ2n) is 36.2. The number of amides is 4. The van der Waals surface area contributed by atoms with Gasteiger partial charge in [-0.25, -0.2) is 15.0 Å². The van der Waals surface area contributed by atoms with E-state index in [1.54, 1.807) is 36.0 Å². The summed E-state index contributed by atoms with van der Waals surface area (Å²) >= 11 is 10.8. The van der Waals surface area contributed by atoms with Gasteiger partial charge in [0.1, 0.15) is 42.6 Å². The summed E-state index contributed by atoms with van der Waals surface area (Å²) in [6.45, 7) is 4.78. The van der Waals surface area contributed by atoms with Gasteiger partial charge >= 0.3 is 0 Å². The van der Waals surface area contributed by atoms with E-state index in [9.17, 15) is 53.1 Å². The zero-order valence-electron chi connectivity index (χ0n) is 79.4. The third-order valence-corrected chi connectivity index (χ3v) is 27.8. The molecule has 27 nitrogen and oxygen atoms in total. The van der Waals surface area contributed by atoms with Gasteiger partial charge in [-0.05, 0) is 188 Å². The first-order valence-electron chi connectivity index (χ1n) is 48.2. The van der Waals surface area contributed by atoms with E-state index >= 15 is 0 Å². The molecule has 5 heterocycles. The minimum Gasteiger partial charge on any atom is -0.411 e. The van der Waals surface area contributed by atoms with Gasteiger partial charge in [-0.2, -0.15) is 0 Å². The topological polar surface area (TPSA) is 384 Å². The summed E-state index contributed by atoms with van der Waals surface area (Å²) in [6, 6.07) is 74.3. The Balaban J connectivity index is 0.000000136. The molecule has 742 valence electrons. The van der Waals surface area contributed by atoms with Crippen LogP contribution in [0.2, 0.25) is 0 Å². The monoisotopic (exact) mass is 2000 g/mol. The molecule has 11 atom stereocenters. The summed E-state index contributed by atoms with van der Waals surface area (Å²) in [4.78, 5) is 131. The minimum absolute atomic E-state index is 0. The number of hydrogen-bond acceptors (Lipinski definition) is 22. The molecule has 9 aliphatic carbocycles. The number of rotatable bonds is 7. The number of hydrogen-bond donors (Lipinski definition) is 8. The highest BCUT2D eigenvalue weighted by Crippen LogP contribution is 2.41. The fraction of sp³-hybridized carbons (Fsp3) is 0.351. The SMILES string of the molecule is CC(=O)NC1CCc2ccccc2C1=O.Cl.Cl.Cn1c(N2CCO[C@H]3c4ccccc4CC[C@@H]32)nc(-c2ccncn2)cc1=O.NC1CCc2ccccc2C1=O.O=C(CCl)NC1CCc2ccccc2C1=O.O=C(CCl)N[C@H]1CCc2ccccc2[C@@H]1O.O=C1C(=NO)CCc2ccccc21.O=C1CCCc2ccccc21.O=C1CO[C@H]2c3ccccc3CC[C@@H]2N1.c1ccc2c(c1)CC[C@@H]1NCCO[C@@H]21. The molecule has 3 saturated heterocycles. The highest BCUT2D eigenvalue weighted by atomic mass is 35.5. The quantitative estimate of drug-likeness (QED) is 0.0417. The maximum absolute atomic E-state index is 12.7. The van der Waals surface area contributed by atoms with Crippen LogP contribution in [-0.2, 0) is 98.2 Å². The lowest BCUT2D eigenvalue weighted by Crippen LogP contribution is -2.51. The van der Waals surface area contributed by atoms with Gasteiger partial charge in [0.25, 0.3) is 5.56 Å². The molecule has 31 heteroatoms. The number of oxime groups is 1. The maximum Gasteiger partial charge on any atom is 0.255 e. The molecule has 3 fully saturated rings. The molecule has 4 amide bonds. The number of benzene rings is 9. The summed E-state index contributed by atoms with van der Waals surface area (Å²) in [6.07, 6.45) is 19.7. The van der Waals surface area contributed by atoms with Crippen molar-refractivity contribution in [3.63, 3.8) is 0 Å². The molecule has 11 aromatic rings. The standard InChI is InChI=1S/C21H21N5O2.C12H14ClNO2.C12H12ClNO2.2C12H13NO2.C12H15NO.C10H9NO2.C10H11NO.C10H10O.2ClH/c1-25-19(27)12-17(16-8-9-22-13-23-16)24-21(25)26-10-11-28-20-15-5-3-2-4-14(15)6-7-18(20)26;2*13-7-11(15)14-10-6-5-8-3-1-2-4-9(8)12(10)16;14-11-7-15-12-9-4-2-1-3-8(9)5-6-10(12)13-11;1-8(14)13-11-7-6-9-4-2-3-5-10(9)12(11)15;1-2-4-10-9(3-1)5-6-11-12(10)14-8-7-13-11;12-10-8-4-2-1-3-7(8)5-6-9(10)11-13;11-9-6-5-7-3-1-2-4-8(7)10(9)12;11-10-7-3-5-8-4-1-2-6-9(8)10;;/h2-5,8-9,12-13,18,20H,6-7,10-11H2,1H3;1-4,10,12,16H,5-7H2,(H,14,15);1-4,10H,5-7H2,(H,14,15);1-4,10,12H,5-7H2,(H,13,14);2-5,11H,6-7H2,1H3,(H,13,14);1-4,11-13H,5-8H2;1-4,13H,5-6H2;1-4,9H,5-6,11H2;1-2,4,6H,3,5,7H2;2*1H/t18-,20-;10-,12-;;10-,12-;;11-,12-;;;;;/m00.0.0...../s1. The zero-order chi connectivity index (χ0) is 98.1. The predicted octanol–water partition coefficient (Wildman–Crippen LogP) is 15.1. The van der Waals surface area contributed by atoms with E-state index in [1.807, 2.05) is 140 Å². The lowest BCUT2D eigenvalue weighted by Gasteiger charge is -2.45. The molecule has 23 rings (SSSR count). The highest BCUT2D eigenvalue weighted by molar-refractivity contribution is 6.47. The Morgan fingerprint density at radius 2 is 0.951 bits per heavy atom. The number of nitrogens with one attached hydrogen (secondary N) is 5. The molecule has 9 N–H and O–H groups in total. The van der Waals surface area contributed by atoms with Crippen molar-refractivity contribution in [2.24, 2.45) is 17.9 Å². The number of carbonyl (C=O) groups is 9. The van der Waals surface area contributed by atoms with Crippen LogP contribution in [0.4, 0.5) is 5.95 Å². The molecule has 142 heavy (non-hydrogen) atoms. The van der Waals surface area contributed by atoms with Crippen LogP contribution in [-0.4, -0.2) is 175 Å². The summed E-state index contributed by atoms with van der Waals surface area (Å²) in [5.41, 5.74) is 26.6. The molecule has 0 saturated carbocycles. The van der Waals surface area contributed by atoms with E-state index in [0.29, 0.717) is 78.8 Å². The van der Waals surface area contributed by atoms with E-state index in [1.165, 1.54) is 71.1 Å². The van der Waals surface area contributed by atoms with Crippen LogP contribution in [0.5, 0.6) is 0 Å². The number of aryl methyl sites for hydroxylation is 9. The first kappa shape index (κ1) is 107. The predicted molar refractivity (Wildman–Crippen MR) is 550 cm³/mol. The number of nitrogens with two attached hydrogens (primary N) is 1. The molecule has 3 aliphatic heterocycles. The highest BCUT2D eigenvalue weighted by Gasteiger charge is 2.41. The number of ketones is 5. The summed E-state index contributed by atoms with van der Waals surface area (Å²) in [5, 5.41) is 36.2. The zero-order valence-corrected chi connectivity index (χ0v) is 82.5. The van der Waals surface area contributed by atoms with Crippen molar-refractivity contribution >= 4 is 112 Å². The van der Waals surface area contributed by atoms with Gasteiger partial charge in [-0.15, -0.1) is 48.0 Å². The van der Waals surface area contributed by atoms with Gasteiger partial charge < -0.3 is 61.7 Å². The molecule has 0 radical (unpaired) electrons. The molecular formula is C111H120Cl4N12O15. The van der Waals surface area contributed by atoms with Gasteiger partial charge in [0, 0.05) is 86.0 Å². The Hall–Kier alpha value is -12.6. The van der Waals surface area contributed by atoms with E-state index in [0.717, 1.165) is 153 Å². The molecule has 9 aromatic carbocycles.